The van der Waals surface area contributed by atoms with Gasteiger partial charge in [0.15, 0.2) is 5.16 Å². The zero-order valence-corrected chi connectivity index (χ0v) is 14.3. The number of amides is 1. The van der Waals surface area contributed by atoms with Crippen molar-refractivity contribution < 1.29 is 4.79 Å². The summed E-state index contributed by atoms with van der Waals surface area (Å²) < 4.78 is 0. The van der Waals surface area contributed by atoms with E-state index in [4.69, 9.17) is 11.6 Å². The van der Waals surface area contributed by atoms with Crippen molar-refractivity contribution in [3.63, 3.8) is 0 Å². The highest BCUT2D eigenvalue weighted by molar-refractivity contribution is 7.98. The van der Waals surface area contributed by atoms with E-state index >= 15 is 0 Å². The summed E-state index contributed by atoms with van der Waals surface area (Å²) >= 11 is 7.52. The van der Waals surface area contributed by atoms with Gasteiger partial charge in [-0.2, -0.15) is 0 Å². The van der Waals surface area contributed by atoms with E-state index < -0.39 is 0 Å². The molecule has 0 saturated carbocycles. The molecule has 3 rings (SSSR count). The van der Waals surface area contributed by atoms with Gasteiger partial charge in [-0.3, -0.25) is 4.79 Å². The van der Waals surface area contributed by atoms with E-state index in [1.165, 1.54) is 23.6 Å². The number of anilines is 1. The number of hydrogen-bond donors (Lipinski definition) is 0. The molecule has 1 fully saturated rings. The molecule has 1 aromatic heterocycles. The normalized spacial score (nSPS) is 14.9. The van der Waals surface area contributed by atoms with E-state index in [0.717, 1.165) is 13.1 Å². The van der Waals surface area contributed by atoms with Crippen LogP contribution in [0.1, 0.15) is 10.4 Å². The van der Waals surface area contributed by atoms with Crippen LogP contribution in [0.25, 0.3) is 0 Å². The van der Waals surface area contributed by atoms with Crippen LogP contribution < -0.4 is 4.90 Å². The lowest BCUT2D eigenvalue weighted by Crippen LogP contribution is -2.48. The molecule has 2 heterocycles. The molecule has 0 spiro atoms. The van der Waals surface area contributed by atoms with Gasteiger partial charge in [0.2, 0.25) is 0 Å². The van der Waals surface area contributed by atoms with E-state index in [1.807, 2.05) is 29.4 Å². The highest BCUT2D eigenvalue weighted by Gasteiger charge is 2.24. The highest BCUT2D eigenvalue weighted by atomic mass is 35.5. The number of aromatic nitrogens is 2. The van der Waals surface area contributed by atoms with Gasteiger partial charge in [-0.1, -0.05) is 41.6 Å². The Kier molecular flexibility index (Phi) is 5.03. The molecular weight excluding hydrogens is 332 g/mol. The van der Waals surface area contributed by atoms with Crippen molar-refractivity contribution in [2.45, 2.75) is 5.16 Å². The molecule has 1 amide bonds. The Bertz CT molecular complexity index is 690. The van der Waals surface area contributed by atoms with Gasteiger partial charge in [-0.25, -0.2) is 9.97 Å². The van der Waals surface area contributed by atoms with Crippen molar-refractivity contribution in [1.82, 2.24) is 14.9 Å². The fourth-order valence-electron chi connectivity index (χ4n) is 2.56. The van der Waals surface area contributed by atoms with Gasteiger partial charge in [-0.05, 0) is 18.4 Å². The van der Waals surface area contributed by atoms with Gasteiger partial charge in [0, 0.05) is 38.1 Å². The van der Waals surface area contributed by atoms with Crippen molar-refractivity contribution in [2.24, 2.45) is 0 Å². The van der Waals surface area contributed by atoms with Gasteiger partial charge in [0.05, 0.1) is 5.56 Å². The number of carbonyl (C=O) groups excluding carboxylic acids is 1. The predicted molar refractivity (Wildman–Crippen MR) is 93.4 cm³/mol. The number of carbonyl (C=O) groups is 1. The smallest absolute Gasteiger partial charge is 0.258 e. The van der Waals surface area contributed by atoms with Crippen molar-refractivity contribution in [2.75, 3.05) is 37.3 Å². The predicted octanol–water partition coefficient (Wildman–Crippen LogP) is 2.81. The van der Waals surface area contributed by atoms with Crippen LogP contribution in [0, 0.1) is 0 Å². The zero-order chi connectivity index (χ0) is 16.2. The molecule has 120 valence electrons. The maximum atomic E-state index is 12.6. The summed E-state index contributed by atoms with van der Waals surface area (Å²) in [6, 6.07) is 10.2. The third-order valence-corrected chi connectivity index (χ3v) is 4.67. The summed E-state index contributed by atoms with van der Waals surface area (Å²) in [4.78, 5) is 25.0. The summed E-state index contributed by atoms with van der Waals surface area (Å²) in [5, 5.41) is 0.792. The topological polar surface area (TPSA) is 49.3 Å². The maximum Gasteiger partial charge on any atom is 0.258 e. The summed E-state index contributed by atoms with van der Waals surface area (Å²) in [6.07, 6.45) is 3.39. The van der Waals surface area contributed by atoms with Gasteiger partial charge >= 0.3 is 0 Å². The molecule has 1 aromatic carbocycles. The first-order chi connectivity index (χ1) is 11.2. The lowest BCUT2D eigenvalue weighted by Gasteiger charge is -2.36. The molecule has 2 aromatic rings. The minimum absolute atomic E-state index is 0.102. The molecule has 23 heavy (non-hydrogen) atoms. The Morgan fingerprint density at radius 2 is 1.87 bits per heavy atom. The largest absolute Gasteiger partial charge is 0.368 e. The number of piperazine rings is 1. The van der Waals surface area contributed by atoms with Gasteiger partial charge in [-0.15, -0.1) is 0 Å². The summed E-state index contributed by atoms with van der Waals surface area (Å²) in [5.41, 5.74) is 1.56. The number of benzene rings is 1. The van der Waals surface area contributed by atoms with Crippen LogP contribution in [0.5, 0.6) is 0 Å². The fourth-order valence-corrected chi connectivity index (χ4v) is 3.17. The molecule has 1 aliphatic heterocycles. The van der Waals surface area contributed by atoms with Crippen molar-refractivity contribution in [3.8, 4) is 0 Å². The number of thioether (sulfide) groups is 1. The summed E-state index contributed by atoms with van der Waals surface area (Å²) in [5.74, 6) is -0.102. The molecule has 1 aliphatic rings. The van der Waals surface area contributed by atoms with E-state index in [2.05, 4.69) is 27.0 Å². The quantitative estimate of drug-likeness (QED) is 0.485. The number of nitrogens with zero attached hydrogens (tertiary/aromatic N) is 4. The second kappa shape index (κ2) is 7.19. The Morgan fingerprint density at radius 1 is 1.17 bits per heavy atom. The molecule has 0 bridgehead atoms. The Labute approximate surface area is 144 Å². The Balaban J connectivity index is 1.66. The minimum atomic E-state index is -0.102. The molecule has 7 heteroatoms. The highest BCUT2D eigenvalue weighted by Crippen LogP contribution is 2.20. The average Bonchev–Trinajstić information content (AvgIpc) is 2.62. The van der Waals surface area contributed by atoms with Gasteiger partial charge < -0.3 is 9.80 Å². The van der Waals surface area contributed by atoms with Crippen LogP contribution in [-0.2, 0) is 0 Å². The Morgan fingerprint density at radius 3 is 2.48 bits per heavy atom. The maximum absolute atomic E-state index is 12.6. The van der Waals surface area contributed by atoms with E-state index in [1.54, 1.807) is 0 Å². The SMILES string of the molecule is CSc1ncc(C(=O)N2CCN(c3ccccc3)CC2)c(Cl)n1. The minimum Gasteiger partial charge on any atom is -0.368 e. The van der Waals surface area contributed by atoms with E-state index in [0.29, 0.717) is 23.8 Å². The lowest BCUT2D eigenvalue weighted by atomic mass is 10.2. The third kappa shape index (κ3) is 3.59. The fraction of sp³-hybridized carbons (Fsp3) is 0.312. The molecule has 5 nitrogen and oxygen atoms in total. The second-order valence-corrected chi connectivity index (χ2v) is 6.31. The molecule has 1 saturated heterocycles. The van der Waals surface area contributed by atoms with E-state index in [-0.39, 0.29) is 11.1 Å². The second-order valence-electron chi connectivity index (χ2n) is 5.18. The van der Waals surface area contributed by atoms with Crippen LogP contribution >= 0.6 is 23.4 Å². The van der Waals surface area contributed by atoms with Gasteiger partial charge in [0.25, 0.3) is 5.91 Å². The standard InChI is InChI=1S/C16H17ClN4OS/c1-23-16-18-11-13(14(17)19-16)15(22)21-9-7-20(8-10-21)12-5-3-2-4-6-12/h2-6,11H,7-10H2,1H3. The summed E-state index contributed by atoms with van der Waals surface area (Å²) in [6.45, 7) is 2.93. The number of para-hydroxylation sites is 1. The van der Waals surface area contributed by atoms with Crippen LogP contribution in [0.2, 0.25) is 5.15 Å². The van der Waals surface area contributed by atoms with Crippen molar-refractivity contribution in [1.29, 1.82) is 0 Å². The van der Waals surface area contributed by atoms with Crippen molar-refractivity contribution in [3.05, 3.63) is 47.2 Å². The molecule has 0 unspecified atom stereocenters. The molecular formula is C16H17ClN4OS. The molecule has 0 radical (unpaired) electrons. The number of rotatable bonds is 3. The first-order valence-electron chi connectivity index (χ1n) is 7.35. The van der Waals surface area contributed by atoms with Gasteiger partial charge in [0.1, 0.15) is 5.15 Å². The van der Waals surface area contributed by atoms with E-state index in [9.17, 15) is 4.79 Å². The average molecular weight is 349 g/mol. The Hall–Kier alpha value is -1.79. The lowest BCUT2D eigenvalue weighted by molar-refractivity contribution is 0.0746. The summed E-state index contributed by atoms with van der Waals surface area (Å²) in [7, 11) is 0. The number of hydrogen-bond acceptors (Lipinski definition) is 5. The molecule has 0 aliphatic carbocycles. The zero-order valence-electron chi connectivity index (χ0n) is 12.8. The molecule has 0 atom stereocenters. The number of halogens is 1. The third-order valence-electron chi connectivity index (χ3n) is 3.82. The van der Waals surface area contributed by atoms with Crippen LogP contribution in [0.4, 0.5) is 5.69 Å². The van der Waals surface area contributed by atoms with Crippen LogP contribution in [0.3, 0.4) is 0 Å². The van der Waals surface area contributed by atoms with Crippen LogP contribution in [-0.4, -0.2) is 53.2 Å². The molecule has 0 N–H and O–H groups in total. The first-order valence-corrected chi connectivity index (χ1v) is 8.95. The van der Waals surface area contributed by atoms with Crippen molar-refractivity contribution >= 4 is 35.0 Å². The first kappa shape index (κ1) is 16.1. The van der Waals surface area contributed by atoms with Crippen LogP contribution in [0.15, 0.2) is 41.7 Å². The monoisotopic (exact) mass is 348 g/mol.